The number of benzene rings is 1. The highest BCUT2D eigenvalue weighted by molar-refractivity contribution is 9.09. The molecule has 1 nitrogen and oxygen atoms in total. The van der Waals surface area contributed by atoms with Crippen LogP contribution in [0, 0.1) is 5.41 Å². The molecule has 1 fully saturated rings. The van der Waals surface area contributed by atoms with Crippen LogP contribution in [0.5, 0.6) is 0 Å². The Bertz CT molecular complexity index is 355. The first kappa shape index (κ1) is 13.1. The van der Waals surface area contributed by atoms with Crippen molar-refractivity contribution in [3.63, 3.8) is 0 Å². The number of likely N-dealkylation sites (tertiary alicyclic amines) is 1. The van der Waals surface area contributed by atoms with Gasteiger partial charge in [0.05, 0.1) is 0 Å². The van der Waals surface area contributed by atoms with E-state index in [-0.39, 0.29) is 0 Å². The second kappa shape index (κ2) is 5.11. The van der Waals surface area contributed by atoms with Crippen molar-refractivity contribution in [2.24, 2.45) is 5.41 Å². The predicted molar refractivity (Wildman–Crippen MR) is 77.4 cm³/mol. The number of hydrogen-bond acceptors (Lipinski definition) is 1. The molecule has 0 aliphatic carbocycles. The number of nitrogens with zero attached hydrogens (tertiary/aromatic N) is 1. The summed E-state index contributed by atoms with van der Waals surface area (Å²) in [5, 5.41) is 0. The van der Waals surface area contributed by atoms with Gasteiger partial charge < -0.3 is 0 Å². The van der Waals surface area contributed by atoms with Gasteiger partial charge in [-0.1, -0.05) is 67.0 Å². The van der Waals surface area contributed by atoms with E-state index in [4.69, 9.17) is 0 Å². The van der Waals surface area contributed by atoms with Crippen LogP contribution in [0.4, 0.5) is 0 Å². The normalized spacial score (nSPS) is 26.4. The molecular formula is C15H22BrN. The van der Waals surface area contributed by atoms with Crippen LogP contribution < -0.4 is 0 Å². The number of hydrogen-bond donors (Lipinski definition) is 0. The van der Waals surface area contributed by atoms with Gasteiger partial charge in [-0.25, -0.2) is 0 Å². The Hall–Kier alpha value is -0.340. The summed E-state index contributed by atoms with van der Waals surface area (Å²) < 4.78 is 0. The molecule has 17 heavy (non-hydrogen) atoms. The third-order valence-corrected chi connectivity index (χ3v) is 4.24. The van der Waals surface area contributed by atoms with Crippen molar-refractivity contribution in [1.82, 2.24) is 4.90 Å². The minimum atomic E-state index is 0.358. The number of alkyl halides is 1. The van der Waals surface area contributed by atoms with E-state index >= 15 is 0 Å². The molecule has 2 rings (SSSR count). The average Bonchev–Trinajstić information content (AvgIpc) is 2.60. The molecule has 1 aliphatic rings. The summed E-state index contributed by atoms with van der Waals surface area (Å²) in [5.41, 5.74) is 1.78. The molecule has 2 atom stereocenters. The zero-order chi connectivity index (χ0) is 12.5. The molecule has 0 N–H and O–H groups in total. The van der Waals surface area contributed by atoms with Gasteiger partial charge in [0, 0.05) is 24.0 Å². The zero-order valence-electron chi connectivity index (χ0n) is 11.0. The molecule has 0 bridgehead atoms. The monoisotopic (exact) mass is 295 g/mol. The molecule has 0 aromatic heterocycles. The maximum Gasteiger partial charge on any atom is 0.0288 e. The topological polar surface area (TPSA) is 3.24 Å². The Morgan fingerprint density at radius 2 is 1.88 bits per heavy atom. The molecule has 1 saturated heterocycles. The molecule has 1 aromatic carbocycles. The van der Waals surface area contributed by atoms with E-state index in [1.165, 1.54) is 12.0 Å². The lowest BCUT2D eigenvalue weighted by atomic mass is 9.85. The first-order valence-corrected chi connectivity index (χ1v) is 7.30. The quantitative estimate of drug-likeness (QED) is 0.744. The summed E-state index contributed by atoms with van der Waals surface area (Å²) in [7, 11) is 0. The summed E-state index contributed by atoms with van der Waals surface area (Å²) >= 11 is 3.78. The molecule has 0 spiro atoms. The summed E-state index contributed by atoms with van der Waals surface area (Å²) in [4.78, 5) is 3.27. The molecule has 1 heterocycles. The van der Waals surface area contributed by atoms with Gasteiger partial charge >= 0.3 is 0 Å². The van der Waals surface area contributed by atoms with Crippen LogP contribution in [0.15, 0.2) is 30.3 Å². The Kier molecular flexibility index (Phi) is 3.94. The lowest BCUT2D eigenvalue weighted by molar-refractivity contribution is 0.134. The highest BCUT2D eigenvalue weighted by atomic mass is 79.9. The van der Waals surface area contributed by atoms with Gasteiger partial charge in [-0.2, -0.15) is 0 Å². The van der Waals surface area contributed by atoms with Gasteiger partial charge in [-0.05, 0) is 17.4 Å². The van der Waals surface area contributed by atoms with Crippen molar-refractivity contribution in [3.8, 4) is 0 Å². The van der Waals surface area contributed by atoms with Crippen LogP contribution in [0.3, 0.4) is 0 Å². The third-order valence-electron chi connectivity index (χ3n) is 3.58. The molecule has 1 aromatic rings. The van der Waals surface area contributed by atoms with Gasteiger partial charge in [0.2, 0.25) is 0 Å². The molecule has 0 amide bonds. The molecule has 0 radical (unpaired) electrons. The maximum absolute atomic E-state index is 3.78. The van der Waals surface area contributed by atoms with Crippen molar-refractivity contribution < 1.29 is 0 Å². The Balaban J connectivity index is 2.09. The molecule has 2 heteroatoms. The molecule has 1 aliphatic heterocycles. The van der Waals surface area contributed by atoms with Gasteiger partial charge in [0.15, 0.2) is 0 Å². The van der Waals surface area contributed by atoms with Gasteiger partial charge in [0.25, 0.3) is 0 Å². The van der Waals surface area contributed by atoms with E-state index in [1.54, 1.807) is 0 Å². The van der Waals surface area contributed by atoms with E-state index < -0.39 is 0 Å². The van der Waals surface area contributed by atoms with Crippen molar-refractivity contribution in [3.05, 3.63) is 35.9 Å². The van der Waals surface area contributed by atoms with Crippen LogP contribution in [0.2, 0.25) is 0 Å². The van der Waals surface area contributed by atoms with E-state index in [0.29, 0.717) is 16.3 Å². The van der Waals surface area contributed by atoms with Crippen LogP contribution in [0.25, 0.3) is 0 Å². The largest absolute Gasteiger partial charge is 0.294 e. The Morgan fingerprint density at radius 3 is 2.47 bits per heavy atom. The smallest absolute Gasteiger partial charge is 0.0288 e. The van der Waals surface area contributed by atoms with Crippen LogP contribution in [-0.4, -0.2) is 22.3 Å². The minimum absolute atomic E-state index is 0.358. The standard InChI is InChI=1S/C15H22BrN/c1-15(2,3)14-9-13(16)11-17(14)10-12-7-5-4-6-8-12/h4-8,13-14H,9-11H2,1-3H3/t13-,14+/m1/s1. The number of rotatable bonds is 2. The first-order valence-electron chi connectivity index (χ1n) is 6.39. The van der Waals surface area contributed by atoms with E-state index in [1.807, 2.05) is 0 Å². The predicted octanol–water partition coefficient (Wildman–Crippen LogP) is 4.07. The highest BCUT2D eigenvalue weighted by Crippen LogP contribution is 2.36. The van der Waals surface area contributed by atoms with Gasteiger partial charge in [-0.3, -0.25) is 4.90 Å². The Labute approximate surface area is 113 Å². The second-order valence-corrected chi connectivity index (χ2v) is 7.42. The van der Waals surface area contributed by atoms with E-state index in [0.717, 1.165) is 13.1 Å². The lowest BCUT2D eigenvalue weighted by Crippen LogP contribution is -2.38. The molecular weight excluding hydrogens is 274 g/mol. The fraction of sp³-hybridized carbons (Fsp3) is 0.600. The van der Waals surface area contributed by atoms with Gasteiger partial charge in [0.1, 0.15) is 0 Å². The average molecular weight is 296 g/mol. The van der Waals surface area contributed by atoms with E-state index in [9.17, 15) is 0 Å². The van der Waals surface area contributed by atoms with Crippen molar-refractivity contribution in [1.29, 1.82) is 0 Å². The molecule has 0 unspecified atom stereocenters. The lowest BCUT2D eigenvalue weighted by Gasteiger charge is -2.35. The third kappa shape index (κ3) is 3.32. The van der Waals surface area contributed by atoms with Crippen LogP contribution >= 0.6 is 15.9 Å². The van der Waals surface area contributed by atoms with Crippen molar-refractivity contribution >= 4 is 15.9 Å². The molecule has 0 saturated carbocycles. The summed E-state index contributed by atoms with van der Waals surface area (Å²) in [5.74, 6) is 0. The maximum atomic E-state index is 3.78. The first-order chi connectivity index (χ1) is 7.97. The van der Waals surface area contributed by atoms with Crippen LogP contribution in [0.1, 0.15) is 32.8 Å². The van der Waals surface area contributed by atoms with Crippen LogP contribution in [-0.2, 0) is 6.54 Å². The summed E-state index contributed by atoms with van der Waals surface area (Å²) in [6.07, 6.45) is 1.26. The van der Waals surface area contributed by atoms with Gasteiger partial charge in [-0.15, -0.1) is 0 Å². The summed E-state index contributed by atoms with van der Waals surface area (Å²) in [6.45, 7) is 9.28. The van der Waals surface area contributed by atoms with Crippen molar-refractivity contribution in [2.45, 2.75) is 44.6 Å². The fourth-order valence-corrected chi connectivity index (χ4v) is 3.47. The van der Waals surface area contributed by atoms with E-state index in [2.05, 4.69) is 71.9 Å². The second-order valence-electron chi connectivity index (χ2n) is 6.13. The highest BCUT2D eigenvalue weighted by Gasteiger charge is 2.37. The fourth-order valence-electron chi connectivity index (χ4n) is 2.74. The molecule has 94 valence electrons. The minimum Gasteiger partial charge on any atom is -0.294 e. The van der Waals surface area contributed by atoms with Crippen molar-refractivity contribution in [2.75, 3.05) is 6.54 Å². The SMILES string of the molecule is CC(C)(C)[C@@H]1C[C@@H](Br)CN1Cc1ccccc1. The number of halogens is 1. The summed E-state index contributed by atoms with van der Waals surface area (Å²) in [6, 6.07) is 11.5. The zero-order valence-corrected chi connectivity index (χ0v) is 12.6. The Morgan fingerprint density at radius 1 is 1.24 bits per heavy atom.